The molecule has 0 radical (unpaired) electrons. The van der Waals surface area contributed by atoms with Gasteiger partial charge in [0.05, 0.1) is 12.7 Å². The van der Waals surface area contributed by atoms with Gasteiger partial charge in [-0.3, -0.25) is 4.68 Å². The summed E-state index contributed by atoms with van der Waals surface area (Å²) in [7, 11) is 0. The third-order valence-electron chi connectivity index (χ3n) is 2.09. The normalized spacial score (nSPS) is 11.8. The quantitative estimate of drug-likeness (QED) is 0.466. The maximum absolute atomic E-state index is 11.2. The van der Waals surface area contributed by atoms with Gasteiger partial charge in [0.15, 0.2) is 6.10 Å². The molecule has 9 heteroatoms. The second-order valence-electron chi connectivity index (χ2n) is 3.49. The topological polar surface area (TPSA) is 129 Å². The first-order valence-corrected chi connectivity index (χ1v) is 5.36. The Labute approximate surface area is 103 Å². The molecule has 18 heavy (non-hydrogen) atoms. The third-order valence-corrected chi connectivity index (χ3v) is 2.09. The van der Waals surface area contributed by atoms with Crippen molar-refractivity contribution in [2.75, 3.05) is 13.1 Å². The molecule has 1 aromatic heterocycles. The Morgan fingerprint density at radius 2 is 2.06 bits per heavy atom. The van der Waals surface area contributed by atoms with Crippen LogP contribution in [0.25, 0.3) is 0 Å². The summed E-state index contributed by atoms with van der Waals surface area (Å²) in [5.74, 6) is -1.30. The van der Waals surface area contributed by atoms with Crippen LogP contribution in [0.2, 0.25) is 0 Å². The van der Waals surface area contributed by atoms with Crippen LogP contribution >= 0.6 is 0 Å². The van der Waals surface area contributed by atoms with Crippen molar-refractivity contribution in [2.45, 2.75) is 19.1 Å². The third kappa shape index (κ3) is 5.25. The molecule has 2 amide bonds. The summed E-state index contributed by atoms with van der Waals surface area (Å²) in [6, 6.07) is -0.423. The van der Waals surface area contributed by atoms with E-state index in [0.717, 1.165) is 0 Å². The lowest BCUT2D eigenvalue weighted by atomic mass is 10.2. The van der Waals surface area contributed by atoms with E-state index in [4.69, 9.17) is 10.2 Å². The van der Waals surface area contributed by atoms with Crippen LogP contribution in [0, 0.1) is 0 Å². The Hall–Kier alpha value is -2.16. The fourth-order valence-corrected chi connectivity index (χ4v) is 1.14. The number of nitrogens with zero attached hydrogens (tertiary/aromatic N) is 3. The molecule has 1 rings (SSSR count). The number of aliphatic carboxylic acids is 1. The van der Waals surface area contributed by atoms with Crippen molar-refractivity contribution in [1.29, 1.82) is 0 Å². The average Bonchev–Trinajstić information content (AvgIpc) is 2.81. The van der Waals surface area contributed by atoms with Gasteiger partial charge in [-0.1, -0.05) is 5.21 Å². The van der Waals surface area contributed by atoms with Gasteiger partial charge in [-0.25, -0.2) is 9.59 Å². The van der Waals surface area contributed by atoms with Gasteiger partial charge in [-0.15, -0.1) is 5.10 Å². The van der Waals surface area contributed by atoms with E-state index >= 15 is 0 Å². The summed E-state index contributed by atoms with van der Waals surface area (Å²) >= 11 is 0. The number of urea groups is 1. The zero-order chi connectivity index (χ0) is 13.4. The zero-order valence-electron chi connectivity index (χ0n) is 9.61. The van der Waals surface area contributed by atoms with Crippen molar-refractivity contribution in [2.24, 2.45) is 0 Å². The minimum absolute atomic E-state index is 0.0359. The molecule has 0 saturated carbocycles. The average molecular weight is 257 g/mol. The minimum atomic E-state index is -1.46. The van der Waals surface area contributed by atoms with Gasteiger partial charge in [0.1, 0.15) is 0 Å². The van der Waals surface area contributed by atoms with E-state index < -0.39 is 18.1 Å². The molecule has 0 unspecified atom stereocenters. The Balaban J connectivity index is 2.05. The van der Waals surface area contributed by atoms with Crippen LogP contribution in [0.5, 0.6) is 0 Å². The van der Waals surface area contributed by atoms with Gasteiger partial charge in [0.2, 0.25) is 0 Å². The number of carbonyl (C=O) groups excluding carboxylic acids is 1. The Kier molecular flexibility index (Phi) is 5.58. The summed E-state index contributed by atoms with van der Waals surface area (Å²) in [5.41, 5.74) is 0. The summed E-state index contributed by atoms with van der Waals surface area (Å²) in [6.45, 7) is 0.949. The minimum Gasteiger partial charge on any atom is -0.479 e. The highest BCUT2D eigenvalue weighted by atomic mass is 16.4. The van der Waals surface area contributed by atoms with Crippen molar-refractivity contribution < 1.29 is 19.8 Å². The van der Waals surface area contributed by atoms with Crippen LogP contribution in [-0.4, -0.2) is 56.4 Å². The molecule has 0 aliphatic heterocycles. The van der Waals surface area contributed by atoms with Crippen molar-refractivity contribution in [3.63, 3.8) is 0 Å². The van der Waals surface area contributed by atoms with E-state index in [1.165, 1.54) is 6.20 Å². The van der Waals surface area contributed by atoms with Gasteiger partial charge in [0.25, 0.3) is 0 Å². The Bertz CT molecular complexity index is 380. The molecular formula is C9H15N5O4. The molecule has 0 bridgehead atoms. The monoisotopic (exact) mass is 257 g/mol. The van der Waals surface area contributed by atoms with Crippen LogP contribution in [0.1, 0.15) is 6.42 Å². The van der Waals surface area contributed by atoms with Crippen LogP contribution in [0.15, 0.2) is 12.4 Å². The number of aliphatic hydroxyl groups excluding tert-OH is 1. The highest BCUT2D eigenvalue weighted by molar-refractivity contribution is 5.74. The number of carbonyl (C=O) groups is 2. The molecule has 0 spiro atoms. The smallest absolute Gasteiger partial charge is 0.332 e. The fourth-order valence-electron chi connectivity index (χ4n) is 1.14. The summed E-state index contributed by atoms with van der Waals surface area (Å²) in [5, 5.41) is 29.7. The van der Waals surface area contributed by atoms with Crippen LogP contribution < -0.4 is 10.6 Å². The van der Waals surface area contributed by atoms with Crippen molar-refractivity contribution in [1.82, 2.24) is 25.6 Å². The first-order valence-electron chi connectivity index (χ1n) is 5.36. The summed E-state index contributed by atoms with van der Waals surface area (Å²) in [4.78, 5) is 21.5. The molecule has 4 N–H and O–H groups in total. The van der Waals surface area contributed by atoms with E-state index in [1.807, 2.05) is 0 Å². The Morgan fingerprint density at radius 3 is 2.67 bits per heavy atom. The molecular weight excluding hydrogens is 242 g/mol. The van der Waals surface area contributed by atoms with Crippen LogP contribution in [-0.2, 0) is 11.3 Å². The predicted octanol–water partition coefficient (Wildman–Crippen LogP) is -1.59. The number of nitrogens with one attached hydrogen (secondary N) is 2. The first-order chi connectivity index (χ1) is 8.59. The number of aromatic nitrogens is 3. The standard InChI is InChI=1S/C9H15N5O4/c15-7(8(16)17)1-2-10-9(18)11-3-5-14-6-4-12-13-14/h4,6-7,15H,1-3,5H2,(H,16,17)(H2,10,11,18)/t7-/m0/s1. The van der Waals surface area contributed by atoms with E-state index in [1.54, 1.807) is 10.9 Å². The predicted molar refractivity (Wildman–Crippen MR) is 59.7 cm³/mol. The molecule has 1 heterocycles. The van der Waals surface area contributed by atoms with Gasteiger partial charge in [0, 0.05) is 25.7 Å². The highest BCUT2D eigenvalue weighted by Gasteiger charge is 2.12. The molecule has 0 saturated heterocycles. The lowest BCUT2D eigenvalue weighted by Gasteiger charge is -2.08. The fraction of sp³-hybridized carbons (Fsp3) is 0.556. The van der Waals surface area contributed by atoms with Crippen LogP contribution in [0.3, 0.4) is 0 Å². The van der Waals surface area contributed by atoms with E-state index in [0.29, 0.717) is 13.1 Å². The van der Waals surface area contributed by atoms with Gasteiger partial charge in [-0.2, -0.15) is 0 Å². The summed E-state index contributed by atoms with van der Waals surface area (Å²) < 4.78 is 1.56. The maximum atomic E-state index is 11.2. The largest absolute Gasteiger partial charge is 0.479 e. The number of amides is 2. The number of hydrogen-bond donors (Lipinski definition) is 4. The number of rotatable bonds is 7. The molecule has 0 aromatic carbocycles. The number of aliphatic hydroxyl groups is 1. The lowest BCUT2D eigenvalue weighted by Crippen LogP contribution is -2.39. The SMILES string of the molecule is O=C(NCC[C@H](O)C(=O)O)NCCn1ccnn1. The first kappa shape index (κ1) is 13.9. The van der Waals surface area contributed by atoms with Crippen LogP contribution in [0.4, 0.5) is 4.79 Å². The summed E-state index contributed by atoms with van der Waals surface area (Å²) in [6.07, 6.45) is 1.71. The molecule has 1 atom stereocenters. The van der Waals surface area contributed by atoms with Crippen molar-refractivity contribution >= 4 is 12.0 Å². The molecule has 9 nitrogen and oxygen atoms in total. The van der Waals surface area contributed by atoms with E-state index in [9.17, 15) is 9.59 Å². The number of hydrogen-bond acceptors (Lipinski definition) is 5. The van der Waals surface area contributed by atoms with Gasteiger partial charge >= 0.3 is 12.0 Å². The molecule has 0 fully saturated rings. The highest BCUT2D eigenvalue weighted by Crippen LogP contribution is 1.89. The van der Waals surface area contributed by atoms with Crippen molar-refractivity contribution in [3.05, 3.63) is 12.4 Å². The lowest BCUT2D eigenvalue weighted by molar-refractivity contribution is -0.146. The van der Waals surface area contributed by atoms with Crippen molar-refractivity contribution in [3.8, 4) is 0 Å². The molecule has 100 valence electrons. The Morgan fingerprint density at radius 1 is 1.33 bits per heavy atom. The second-order valence-corrected chi connectivity index (χ2v) is 3.49. The molecule has 0 aliphatic rings. The van der Waals surface area contributed by atoms with Gasteiger partial charge in [-0.05, 0) is 0 Å². The van der Waals surface area contributed by atoms with E-state index in [-0.39, 0.29) is 13.0 Å². The number of carboxylic acid groups (broad SMARTS) is 1. The zero-order valence-corrected chi connectivity index (χ0v) is 9.61. The number of carboxylic acids is 1. The van der Waals surface area contributed by atoms with Gasteiger partial charge < -0.3 is 20.8 Å². The van der Waals surface area contributed by atoms with E-state index in [2.05, 4.69) is 20.9 Å². The molecule has 1 aromatic rings. The maximum Gasteiger partial charge on any atom is 0.332 e. The second kappa shape index (κ2) is 7.22. The molecule has 0 aliphatic carbocycles.